The molecule has 1 fully saturated rings. The molecule has 6 unspecified atom stereocenters. The summed E-state index contributed by atoms with van der Waals surface area (Å²) in [6, 6.07) is 0. The maximum atomic E-state index is 13.2. The van der Waals surface area contributed by atoms with Gasteiger partial charge in [-0.3, -0.25) is 14.4 Å². The van der Waals surface area contributed by atoms with Gasteiger partial charge in [-0.25, -0.2) is 4.79 Å². The molecule has 444 valence electrons. The molecule has 12 nitrogen and oxygen atoms in total. The highest BCUT2D eigenvalue weighted by Gasteiger charge is 2.50. The van der Waals surface area contributed by atoms with Gasteiger partial charge in [0.1, 0.15) is 18.8 Å². The number of allylic oxidation sites excluding steroid dienone is 10. The van der Waals surface area contributed by atoms with Crippen molar-refractivity contribution >= 4 is 23.9 Å². The molecule has 0 aromatic heterocycles. The van der Waals surface area contributed by atoms with Crippen LogP contribution in [0.3, 0.4) is 0 Å². The second-order valence-electron chi connectivity index (χ2n) is 21.3. The van der Waals surface area contributed by atoms with E-state index in [1.807, 2.05) is 0 Å². The molecule has 0 radical (unpaired) electrons. The zero-order valence-corrected chi connectivity index (χ0v) is 49.0. The normalized spacial score (nSPS) is 18.4. The van der Waals surface area contributed by atoms with E-state index in [1.165, 1.54) is 89.9 Å². The Kier molecular flexibility index (Phi) is 49.2. The van der Waals surface area contributed by atoms with Crippen molar-refractivity contribution in [2.75, 3.05) is 13.2 Å². The van der Waals surface area contributed by atoms with Crippen molar-refractivity contribution < 1.29 is 58.2 Å². The van der Waals surface area contributed by atoms with Crippen molar-refractivity contribution in [1.82, 2.24) is 0 Å². The highest BCUT2D eigenvalue weighted by molar-refractivity contribution is 5.74. The summed E-state index contributed by atoms with van der Waals surface area (Å²) in [5, 5.41) is 31.5. The van der Waals surface area contributed by atoms with Crippen molar-refractivity contribution in [3.05, 3.63) is 60.8 Å². The molecule has 12 heteroatoms. The Balaban J connectivity index is 2.67. The summed E-state index contributed by atoms with van der Waals surface area (Å²) < 4.78 is 28.5. The van der Waals surface area contributed by atoms with Gasteiger partial charge in [-0.1, -0.05) is 236 Å². The molecule has 1 aliphatic heterocycles. The molecule has 1 rings (SSSR count). The standard InChI is InChI=1S/C65H112O12/c1-4-7-10-13-16-19-22-25-27-29-31-34-36-39-42-45-48-51-57(66)73-54-56(75-58(67)52-49-46-43-40-37-33-24-21-18-15-12-9-6-3)55-74-65-63(61(70)60(69)62(77-65)64(71)72)76-59(68)53-50-47-44-41-38-35-32-30-28-26-23-20-17-14-11-8-5-2/h7,10,16-17,19-20,25-28,56,60-63,65,69-70H,4-6,8-9,11-15,18,21-24,29-55H2,1-3H3,(H,71,72)/b10-7-,19-16-,20-17-,27-25-,28-26-. The van der Waals surface area contributed by atoms with E-state index in [0.717, 1.165) is 128 Å². The predicted molar refractivity (Wildman–Crippen MR) is 312 cm³/mol. The van der Waals surface area contributed by atoms with Gasteiger partial charge in [0.05, 0.1) is 6.61 Å². The highest BCUT2D eigenvalue weighted by atomic mass is 16.7. The zero-order valence-electron chi connectivity index (χ0n) is 49.0. The Morgan fingerprint density at radius 2 is 0.818 bits per heavy atom. The highest BCUT2D eigenvalue weighted by Crippen LogP contribution is 2.27. The molecule has 0 bridgehead atoms. The van der Waals surface area contributed by atoms with Gasteiger partial charge in [0.15, 0.2) is 24.6 Å². The first-order valence-corrected chi connectivity index (χ1v) is 31.3. The van der Waals surface area contributed by atoms with Gasteiger partial charge in [-0.05, 0) is 83.5 Å². The fourth-order valence-corrected chi connectivity index (χ4v) is 9.30. The van der Waals surface area contributed by atoms with Crippen LogP contribution >= 0.6 is 0 Å². The summed E-state index contributed by atoms with van der Waals surface area (Å²) >= 11 is 0. The number of rotatable bonds is 53. The molecule has 1 saturated heterocycles. The number of carboxylic acid groups (broad SMARTS) is 1. The quantitative estimate of drug-likeness (QED) is 0.0228. The fraction of sp³-hybridized carbons (Fsp3) is 0.785. The molecule has 1 heterocycles. The van der Waals surface area contributed by atoms with E-state index in [9.17, 15) is 34.5 Å². The molecule has 0 spiro atoms. The van der Waals surface area contributed by atoms with Crippen LogP contribution < -0.4 is 0 Å². The van der Waals surface area contributed by atoms with Gasteiger partial charge in [-0.2, -0.15) is 0 Å². The third-order valence-electron chi connectivity index (χ3n) is 14.1. The molecular weight excluding hydrogens is 973 g/mol. The van der Waals surface area contributed by atoms with Crippen LogP contribution in [0.2, 0.25) is 0 Å². The molecule has 6 atom stereocenters. The summed E-state index contributed by atoms with van der Waals surface area (Å²) in [6.45, 7) is 5.87. The van der Waals surface area contributed by atoms with Gasteiger partial charge >= 0.3 is 23.9 Å². The Hall–Kier alpha value is -3.58. The lowest BCUT2D eigenvalue weighted by atomic mass is 9.98. The lowest BCUT2D eigenvalue weighted by molar-refractivity contribution is -0.301. The molecule has 0 aliphatic carbocycles. The first kappa shape index (κ1) is 71.4. The Bertz CT molecular complexity index is 1570. The molecule has 0 amide bonds. The number of aliphatic hydroxyl groups excluding tert-OH is 2. The van der Waals surface area contributed by atoms with Crippen LogP contribution in [-0.4, -0.2) is 89.2 Å². The van der Waals surface area contributed by atoms with E-state index in [2.05, 4.69) is 81.5 Å². The van der Waals surface area contributed by atoms with Gasteiger partial charge in [0, 0.05) is 19.3 Å². The number of esters is 3. The number of ether oxygens (including phenoxy) is 5. The Labute approximate surface area is 468 Å². The van der Waals surface area contributed by atoms with Gasteiger partial charge in [0.25, 0.3) is 0 Å². The zero-order chi connectivity index (χ0) is 56.1. The lowest BCUT2D eigenvalue weighted by Gasteiger charge is -2.40. The van der Waals surface area contributed by atoms with Gasteiger partial charge in [-0.15, -0.1) is 0 Å². The van der Waals surface area contributed by atoms with Crippen LogP contribution in [0.4, 0.5) is 0 Å². The third kappa shape index (κ3) is 43.0. The van der Waals surface area contributed by atoms with E-state index in [0.29, 0.717) is 19.3 Å². The smallest absolute Gasteiger partial charge is 0.335 e. The summed E-state index contributed by atoms with van der Waals surface area (Å²) in [6.07, 6.45) is 53.2. The largest absolute Gasteiger partial charge is 0.479 e. The van der Waals surface area contributed by atoms with Crippen LogP contribution in [0, 0.1) is 0 Å². The first-order chi connectivity index (χ1) is 37.6. The van der Waals surface area contributed by atoms with Crippen molar-refractivity contribution in [3.63, 3.8) is 0 Å². The van der Waals surface area contributed by atoms with E-state index in [4.69, 9.17) is 23.7 Å². The van der Waals surface area contributed by atoms with E-state index in [1.54, 1.807) is 0 Å². The van der Waals surface area contributed by atoms with Crippen LogP contribution in [0.25, 0.3) is 0 Å². The van der Waals surface area contributed by atoms with E-state index >= 15 is 0 Å². The number of aliphatic carboxylic acids is 1. The third-order valence-corrected chi connectivity index (χ3v) is 14.1. The summed E-state index contributed by atoms with van der Waals surface area (Å²) in [7, 11) is 0. The van der Waals surface area contributed by atoms with Gasteiger partial charge < -0.3 is 39.0 Å². The maximum absolute atomic E-state index is 13.2. The maximum Gasteiger partial charge on any atom is 0.335 e. The van der Waals surface area contributed by atoms with Crippen molar-refractivity contribution in [2.24, 2.45) is 0 Å². The topological polar surface area (TPSA) is 175 Å². The Morgan fingerprint density at radius 1 is 0.442 bits per heavy atom. The number of aliphatic hydroxyl groups is 2. The minimum atomic E-state index is -1.91. The molecule has 77 heavy (non-hydrogen) atoms. The number of carbonyl (C=O) groups is 4. The van der Waals surface area contributed by atoms with Crippen molar-refractivity contribution in [1.29, 1.82) is 0 Å². The summed E-state index contributed by atoms with van der Waals surface area (Å²) in [5.41, 5.74) is 0. The van der Waals surface area contributed by atoms with Crippen molar-refractivity contribution in [2.45, 2.75) is 314 Å². The Morgan fingerprint density at radius 3 is 1.27 bits per heavy atom. The van der Waals surface area contributed by atoms with Gasteiger partial charge in [0.2, 0.25) is 0 Å². The number of hydrogen-bond acceptors (Lipinski definition) is 11. The fourth-order valence-electron chi connectivity index (χ4n) is 9.30. The first-order valence-electron chi connectivity index (χ1n) is 31.3. The second-order valence-corrected chi connectivity index (χ2v) is 21.3. The summed E-state index contributed by atoms with van der Waals surface area (Å²) in [5.74, 6) is -3.12. The SMILES string of the molecule is CC/C=C\C/C=C\C/C=C\CCCCCCCCCC(=O)OCC(COC1OC(C(=O)O)C(O)C(O)C1OC(=O)CCCCCCCCC/C=C\C/C=C\CCCCC)OC(=O)CCCCCCCCCCCCCCC. The van der Waals surface area contributed by atoms with Crippen LogP contribution in [-0.2, 0) is 42.9 Å². The summed E-state index contributed by atoms with van der Waals surface area (Å²) in [4.78, 5) is 51.2. The van der Waals surface area contributed by atoms with Crippen molar-refractivity contribution in [3.8, 4) is 0 Å². The lowest BCUT2D eigenvalue weighted by Crippen LogP contribution is -2.61. The minimum Gasteiger partial charge on any atom is -0.479 e. The number of hydrogen-bond donors (Lipinski definition) is 3. The average Bonchev–Trinajstić information content (AvgIpc) is 3.42. The van der Waals surface area contributed by atoms with Crippen LogP contribution in [0.1, 0.15) is 278 Å². The van der Waals surface area contributed by atoms with Crippen LogP contribution in [0.15, 0.2) is 60.8 Å². The minimum absolute atomic E-state index is 0.0515. The predicted octanol–water partition coefficient (Wildman–Crippen LogP) is 16.3. The molecule has 3 N–H and O–H groups in total. The van der Waals surface area contributed by atoms with Crippen LogP contribution in [0.5, 0.6) is 0 Å². The van der Waals surface area contributed by atoms with E-state index < -0.39 is 67.3 Å². The molecule has 0 saturated carbocycles. The molecule has 0 aromatic carbocycles. The second kappa shape index (κ2) is 53.1. The molecule has 0 aromatic rings. The average molecular weight is 1090 g/mol. The van der Waals surface area contributed by atoms with E-state index in [-0.39, 0.29) is 25.9 Å². The number of carbonyl (C=O) groups excluding carboxylic acids is 3. The molecular formula is C65H112O12. The monoisotopic (exact) mass is 1080 g/mol. The number of unbranched alkanes of at least 4 members (excludes halogenated alkanes) is 29. The molecule has 1 aliphatic rings. The number of carboxylic acids is 1.